The Morgan fingerprint density at radius 3 is 1.98 bits per heavy atom. The molecule has 56 heavy (non-hydrogen) atoms. The van der Waals surface area contributed by atoms with Crippen LogP contribution in [-0.2, 0) is 55.9 Å². The number of carbonyl (C=O) groups excluding carboxylic acids is 5. The number of halogens is 1. The van der Waals surface area contributed by atoms with Gasteiger partial charge in [0.05, 0.1) is 13.2 Å². The normalized spacial score (nSPS) is 15.4. The van der Waals surface area contributed by atoms with Crippen LogP contribution in [0.1, 0.15) is 91.3 Å². The maximum atomic E-state index is 15.3. The number of hydrogen-bond donors (Lipinski definition) is 0. The lowest BCUT2D eigenvalue weighted by molar-refractivity contribution is -0.175. The van der Waals surface area contributed by atoms with E-state index in [1.807, 2.05) is 50.3 Å². The van der Waals surface area contributed by atoms with E-state index < -0.39 is 71.9 Å². The highest BCUT2D eigenvalue weighted by Gasteiger charge is 2.40. The third-order valence-corrected chi connectivity index (χ3v) is 8.98. The Morgan fingerprint density at radius 2 is 1.43 bits per heavy atom. The first-order valence-corrected chi connectivity index (χ1v) is 19.0. The minimum Gasteiger partial charge on any atom is -0.458 e. The number of hydrogen-bond acceptors (Lipinski definition) is 10. The second-order valence-corrected chi connectivity index (χ2v) is 16.2. The van der Waals surface area contributed by atoms with Gasteiger partial charge in [0, 0.05) is 26.9 Å². The van der Waals surface area contributed by atoms with Crippen molar-refractivity contribution in [3.05, 3.63) is 77.4 Å². The highest BCUT2D eigenvalue weighted by Crippen LogP contribution is 2.25. The molecule has 308 valence electrons. The van der Waals surface area contributed by atoms with Crippen molar-refractivity contribution in [1.82, 2.24) is 9.80 Å². The molecule has 0 radical (unpaired) electrons. The minimum atomic E-state index is -1.96. The van der Waals surface area contributed by atoms with Crippen LogP contribution in [0.5, 0.6) is 0 Å². The summed E-state index contributed by atoms with van der Waals surface area (Å²) < 4.78 is 43.1. The van der Waals surface area contributed by atoms with Crippen molar-refractivity contribution >= 4 is 35.5 Å². The van der Waals surface area contributed by atoms with Crippen LogP contribution in [0.2, 0.25) is 0 Å². The van der Waals surface area contributed by atoms with E-state index in [2.05, 4.69) is 0 Å². The molecule has 1 aliphatic rings. The largest absolute Gasteiger partial charge is 0.458 e. The van der Waals surface area contributed by atoms with Gasteiger partial charge in [-0.15, -0.1) is 0 Å². The lowest BCUT2D eigenvalue weighted by Crippen LogP contribution is -2.52. The van der Waals surface area contributed by atoms with Gasteiger partial charge in [-0.3, -0.25) is 9.69 Å². The molecule has 2 amide bonds. The molecule has 2 aromatic carbocycles. The number of likely N-dealkylation sites (N-methyl/N-ethyl adjacent to an activating group) is 2. The second kappa shape index (κ2) is 20.4. The number of amides is 2. The van der Waals surface area contributed by atoms with Crippen molar-refractivity contribution in [3.8, 4) is 0 Å². The van der Waals surface area contributed by atoms with Crippen LogP contribution in [-0.4, -0.2) is 103 Å². The van der Waals surface area contributed by atoms with Gasteiger partial charge >= 0.3 is 24.0 Å². The number of carbonyl (C=O) groups is 5. The predicted octanol–water partition coefficient (Wildman–Crippen LogP) is 6.87. The zero-order valence-electron chi connectivity index (χ0n) is 34.5. The van der Waals surface area contributed by atoms with Gasteiger partial charge in [0.25, 0.3) is 5.91 Å². The Kier molecular flexibility index (Phi) is 16.6. The molecule has 13 heteroatoms. The van der Waals surface area contributed by atoms with Crippen molar-refractivity contribution in [2.75, 3.05) is 27.3 Å². The first kappa shape index (κ1) is 45.6. The second-order valence-electron chi connectivity index (χ2n) is 16.2. The molecular formula is C43H59FN2O10. The molecule has 12 nitrogen and oxygen atoms in total. The zero-order chi connectivity index (χ0) is 41.8. The molecule has 1 aliphatic heterocycles. The fourth-order valence-corrected chi connectivity index (χ4v) is 5.97. The number of esters is 3. The Hall–Kier alpha value is -4.78. The number of alkyl halides is 1. The highest BCUT2D eigenvalue weighted by atomic mass is 19.1. The molecule has 0 spiro atoms. The molecule has 0 saturated carbocycles. The maximum Gasteiger partial charge on any atom is 0.410 e. The van der Waals surface area contributed by atoms with Gasteiger partial charge in [-0.1, -0.05) is 74.5 Å². The van der Waals surface area contributed by atoms with E-state index in [4.69, 9.17) is 23.7 Å². The monoisotopic (exact) mass is 782 g/mol. The summed E-state index contributed by atoms with van der Waals surface area (Å²) in [6.45, 7) is 13.7. The topological polar surface area (TPSA) is 138 Å². The SMILES string of the molecule is CC(C)C[C@@H](C(=O)O[C@H](C)C(=O)N(C)[C@@H](CC(C)(C)F)C(=O)O[C@H](Cc1ccc(C2=CCOCC2)cc1)C(=O)OCc1ccccc1)N(C)C(=O)OC(C)(C)C. The lowest BCUT2D eigenvalue weighted by atomic mass is 9.98. The molecule has 0 aliphatic carbocycles. The van der Waals surface area contributed by atoms with Gasteiger partial charge in [-0.25, -0.2) is 23.6 Å². The number of rotatable bonds is 17. The lowest BCUT2D eigenvalue weighted by Gasteiger charge is -2.33. The van der Waals surface area contributed by atoms with Crippen LogP contribution < -0.4 is 0 Å². The molecule has 0 bridgehead atoms. The minimum absolute atomic E-state index is 0.0355. The zero-order valence-corrected chi connectivity index (χ0v) is 34.5. The molecule has 4 atom stereocenters. The molecule has 0 N–H and O–H groups in total. The van der Waals surface area contributed by atoms with Crippen molar-refractivity contribution < 1.29 is 52.0 Å². The summed E-state index contributed by atoms with van der Waals surface area (Å²) in [5.74, 6) is -3.58. The van der Waals surface area contributed by atoms with E-state index >= 15 is 4.39 Å². The molecule has 0 unspecified atom stereocenters. The van der Waals surface area contributed by atoms with Crippen LogP contribution in [0.15, 0.2) is 60.7 Å². The molecular weight excluding hydrogens is 723 g/mol. The summed E-state index contributed by atoms with van der Waals surface area (Å²) in [5, 5.41) is 0. The van der Waals surface area contributed by atoms with Gasteiger partial charge in [0.15, 0.2) is 6.10 Å². The molecule has 0 saturated heterocycles. The third kappa shape index (κ3) is 14.7. The standard InChI is InChI=1S/C43H59FN2O10/c1-28(2)24-34(46(10)41(51)56-42(4,5)6)38(48)54-29(3)37(47)45(9)35(26-43(7,8)44)39(49)55-36(40(50)53-27-31-14-12-11-13-15-31)25-30-16-18-32(19-17-30)33-20-22-52-23-21-33/h11-20,28-29,34-36H,21-27H2,1-10H3/t29-,34+,35+,36-/m1/s1. The maximum absolute atomic E-state index is 15.3. The van der Waals surface area contributed by atoms with Crippen molar-refractivity contribution in [2.45, 2.75) is 123 Å². The van der Waals surface area contributed by atoms with E-state index in [0.29, 0.717) is 18.8 Å². The van der Waals surface area contributed by atoms with Crippen molar-refractivity contribution in [2.24, 2.45) is 5.92 Å². The van der Waals surface area contributed by atoms with E-state index in [1.54, 1.807) is 45.0 Å². The predicted molar refractivity (Wildman–Crippen MR) is 209 cm³/mol. The Morgan fingerprint density at radius 1 is 0.804 bits per heavy atom. The Balaban J connectivity index is 1.83. The summed E-state index contributed by atoms with van der Waals surface area (Å²) in [5.41, 5.74) is 0.762. The van der Waals surface area contributed by atoms with Gasteiger partial charge in [-0.05, 0) is 82.6 Å². The fourth-order valence-electron chi connectivity index (χ4n) is 5.97. The smallest absolute Gasteiger partial charge is 0.410 e. The summed E-state index contributed by atoms with van der Waals surface area (Å²) in [7, 11) is 2.69. The number of benzene rings is 2. The Bertz CT molecular complexity index is 1660. The van der Waals surface area contributed by atoms with Gasteiger partial charge in [0.2, 0.25) is 6.10 Å². The van der Waals surface area contributed by atoms with Gasteiger partial charge in [0.1, 0.15) is 30.0 Å². The average Bonchev–Trinajstić information content (AvgIpc) is 3.13. The summed E-state index contributed by atoms with van der Waals surface area (Å²) in [6, 6.07) is 13.9. The van der Waals surface area contributed by atoms with Crippen LogP contribution in [0, 0.1) is 5.92 Å². The molecule has 2 aromatic rings. The average molecular weight is 783 g/mol. The van der Waals surface area contributed by atoms with Crippen molar-refractivity contribution in [3.63, 3.8) is 0 Å². The first-order chi connectivity index (χ1) is 26.1. The van der Waals surface area contributed by atoms with Crippen molar-refractivity contribution in [1.29, 1.82) is 0 Å². The molecule has 0 fully saturated rings. The van der Waals surface area contributed by atoms with Crippen LogP contribution in [0.4, 0.5) is 9.18 Å². The fraction of sp³-hybridized carbons (Fsp3) is 0.558. The van der Waals surface area contributed by atoms with E-state index in [-0.39, 0.29) is 25.4 Å². The quantitative estimate of drug-likeness (QED) is 0.124. The molecule has 3 rings (SSSR count). The highest BCUT2D eigenvalue weighted by molar-refractivity contribution is 5.90. The van der Waals surface area contributed by atoms with Gasteiger partial charge < -0.3 is 28.6 Å². The third-order valence-electron chi connectivity index (χ3n) is 8.98. The Labute approximate surface area is 330 Å². The summed E-state index contributed by atoms with van der Waals surface area (Å²) in [6.07, 6.45) is -1.17. The van der Waals surface area contributed by atoms with E-state index in [1.165, 1.54) is 34.9 Å². The van der Waals surface area contributed by atoms with E-state index in [9.17, 15) is 24.0 Å². The van der Waals surface area contributed by atoms with Crippen LogP contribution >= 0.6 is 0 Å². The van der Waals surface area contributed by atoms with E-state index in [0.717, 1.165) is 32.9 Å². The molecule has 0 aromatic heterocycles. The first-order valence-electron chi connectivity index (χ1n) is 19.0. The van der Waals surface area contributed by atoms with Gasteiger partial charge in [-0.2, -0.15) is 0 Å². The summed E-state index contributed by atoms with van der Waals surface area (Å²) in [4.78, 5) is 69.7. The summed E-state index contributed by atoms with van der Waals surface area (Å²) >= 11 is 0. The molecule has 1 heterocycles. The van der Waals surface area contributed by atoms with Crippen LogP contribution in [0.25, 0.3) is 5.57 Å². The number of nitrogens with zero attached hydrogens (tertiary/aromatic N) is 2. The van der Waals surface area contributed by atoms with Crippen LogP contribution in [0.3, 0.4) is 0 Å². The number of ether oxygens (including phenoxy) is 5.